The van der Waals surface area contributed by atoms with Gasteiger partial charge in [0.15, 0.2) is 0 Å². The Kier molecular flexibility index (Phi) is 4.48. The molecule has 0 aromatic carbocycles. The zero-order chi connectivity index (χ0) is 14.7. The number of imide groups is 1. The average molecular weight is 301 g/mol. The van der Waals surface area contributed by atoms with E-state index in [1.54, 1.807) is 0 Å². The number of rotatable bonds is 2. The van der Waals surface area contributed by atoms with Crippen molar-refractivity contribution in [3.8, 4) is 0 Å². The van der Waals surface area contributed by atoms with Crippen LogP contribution in [0.15, 0.2) is 0 Å². The van der Waals surface area contributed by atoms with Gasteiger partial charge < -0.3 is 15.3 Å². The number of piperidine rings is 1. The molecule has 2 heterocycles. The molecule has 0 spiro atoms. The van der Waals surface area contributed by atoms with E-state index in [1.165, 1.54) is 16.7 Å². The number of aliphatic carboxylic acids is 1. The topological polar surface area (TPSA) is 116 Å². The number of hydrogen-bond donors (Lipinski definition) is 3. The second kappa shape index (κ2) is 6.12. The van der Waals surface area contributed by atoms with E-state index < -0.39 is 30.0 Å². The van der Waals surface area contributed by atoms with E-state index in [-0.39, 0.29) is 18.7 Å². The number of nitrogens with one attached hydrogen (secondary N) is 2. The summed E-state index contributed by atoms with van der Waals surface area (Å²) in [4.78, 5) is 47.0. The molecule has 0 radical (unpaired) electrons. The molecule has 110 valence electrons. The highest BCUT2D eigenvalue weighted by molar-refractivity contribution is 7.99. The van der Waals surface area contributed by atoms with Crippen LogP contribution in [0.3, 0.4) is 0 Å². The predicted octanol–water partition coefficient (Wildman–Crippen LogP) is -0.997. The molecule has 2 aliphatic rings. The number of carboxylic acid groups (broad SMARTS) is 1. The summed E-state index contributed by atoms with van der Waals surface area (Å²) in [5.74, 6) is -0.980. The number of carboxylic acids is 1. The fourth-order valence-corrected chi connectivity index (χ4v) is 3.15. The minimum absolute atomic E-state index is 0.162. The van der Waals surface area contributed by atoms with Crippen LogP contribution < -0.4 is 10.6 Å². The van der Waals surface area contributed by atoms with Gasteiger partial charge in [0.05, 0.1) is 0 Å². The van der Waals surface area contributed by atoms with Crippen LogP contribution >= 0.6 is 11.8 Å². The van der Waals surface area contributed by atoms with Gasteiger partial charge >= 0.3 is 12.0 Å². The van der Waals surface area contributed by atoms with Crippen molar-refractivity contribution in [2.75, 3.05) is 18.1 Å². The molecule has 2 aliphatic heterocycles. The second-order valence-electron chi connectivity index (χ2n) is 4.58. The minimum atomic E-state index is -1.06. The van der Waals surface area contributed by atoms with Gasteiger partial charge in [0.1, 0.15) is 12.1 Å². The molecular weight excluding hydrogens is 286 g/mol. The Bertz CT molecular complexity index is 455. The van der Waals surface area contributed by atoms with Crippen LogP contribution in [0.2, 0.25) is 0 Å². The summed E-state index contributed by atoms with van der Waals surface area (Å²) in [7, 11) is 0. The molecule has 2 rings (SSSR count). The molecule has 2 saturated heterocycles. The Labute approximate surface area is 119 Å². The number of amides is 4. The highest BCUT2D eigenvalue weighted by atomic mass is 32.2. The molecule has 2 fully saturated rings. The van der Waals surface area contributed by atoms with E-state index in [1.807, 2.05) is 0 Å². The van der Waals surface area contributed by atoms with Crippen molar-refractivity contribution >= 4 is 35.6 Å². The number of carbonyl (C=O) groups is 4. The van der Waals surface area contributed by atoms with Gasteiger partial charge in [0.25, 0.3) is 0 Å². The SMILES string of the molecule is O=C1CCC(NC(=O)N2CCSCC2C(=O)O)C(=O)N1. The highest BCUT2D eigenvalue weighted by Crippen LogP contribution is 2.17. The van der Waals surface area contributed by atoms with E-state index >= 15 is 0 Å². The third kappa shape index (κ3) is 3.21. The summed E-state index contributed by atoms with van der Waals surface area (Å²) in [6.07, 6.45) is 0.394. The monoisotopic (exact) mass is 301 g/mol. The van der Waals surface area contributed by atoms with Gasteiger partial charge in [-0.15, -0.1) is 0 Å². The summed E-state index contributed by atoms with van der Waals surface area (Å²) in [5.41, 5.74) is 0. The van der Waals surface area contributed by atoms with Crippen molar-refractivity contribution in [1.82, 2.24) is 15.5 Å². The number of nitrogens with zero attached hydrogens (tertiary/aromatic N) is 1. The van der Waals surface area contributed by atoms with E-state index in [0.29, 0.717) is 18.1 Å². The van der Waals surface area contributed by atoms with Crippen LogP contribution in [0.25, 0.3) is 0 Å². The largest absolute Gasteiger partial charge is 0.480 e. The van der Waals surface area contributed by atoms with Gasteiger partial charge in [-0.3, -0.25) is 14.9 Å². The van der Waals surface area contributed by atoms with E-state index in [9.17, 15) is 19.2 Å². The second-order valence-corrected chi connectivity index (χ2v) is 5.73. The molecule has 2 atom stereocenters. The van der Waals surface area contributed by atoms with E-state index in [2.05, 4.69) is 10.6 Å². The average Bonchev–Trinajstić information content (AvgIpc) is 2.41. The third-order valence-corrected chi connectivity index (χ3v) is 4.23. The zero-order valence-corrected chi connectivity index (χ0v) is 11.4. The smallest absolute Gasteiger partial charge is 0.327 e. The van der Waals surface area contributed by atoms with Crippen molar-refractivity contribution in [2.45, 2.75) is 24.9 Å². The summed E-state index contributed by atoms with van der Waals surface area (Å²) >= 11 is 1.47. The minimum Gasteiger partial charge on any atom is -0.480 e. The standard InChI is InChI=1S/C11H15N3O5S/c15-8-2-1-6(9(16)13-8)12-11(19)14-3-4-20-5-7(14)10(17)18/h6-7H,1-5H2,(H,12,19)(H,17,18)(H,13,15,16). The molecule has 0 aromatic heterocycles. The van der Waals surface area contributed by atoms with Crippen LogP contribution in [0, 0.1) is 0 Å². The normalized spacial score (nSPS) is 26.9. The van der Waals surface area contributed by atoms with Crippen LogP contribution in [0.5, 0.6) is 0 Å². The van der Waals surface area contributed by atoms with Gasteiger partial charge in [0, 0.05) is 24.5 Å². The lowest BCUT2D eigenvalue weighted by Crippen LogP contribution is -2.59. The quantitative estimate of drug-likeness (QED) is 0.564. The predicted molar refractivity (Wildman–Crippen MR) is 70.2 cm³/mol. The van der Waals surface area contributed by atoms with Crippen molar-refractivity contribution in [1.29, 1.82) is 0 Å². The first kappa shape index (κ1) is 14.6. The Hall–Kier alpha value is -1.77. The fraction of sp³-hybridized carbons (Fsp3) is 0.636. The Morgan fingerprint density at radius 1 is 1.40 bits per heavy atom. The number of carbonyl (C=O) groups excluding carboxylic acids is 3. The maximum atomic E-state index is 12.1. The lowest BCUT2D eigenvalue weighted by atomic mass is 10.1. The summed E-state index contributed by atoms with van der Waals surface area (Å²) in [5, 5.41) is 13.7. The summed E-state index contributed by atoms with van der Waals surface area (Å²) < 4.78 is 0. The molecule has 9 heteroatoms. The van der Waals surface area contributed by atoms with Crippen molar-refractivity contribution in [2.24, 2.45) is 0 Å². The van der Waals surface area contributed by atoms with Crippen molar-refractivity contribution < 1.29 is 24.3 Å². The van der Waals surface area contributed by atoms with Gasteiger partial charge in [-0.2, -0.15) is 11.8 Å². The number of thioether (sulfide) groups is 1. The zero-order valence-electron chi connectivity index (χ0n) is 10.6. The number of urea groups is 1. The molecule has 2 unspecified atom stereocenters. The molecular formula is C11H15N3O5S. The molecule has 0 aliphatic carbocycles. The van der Waals surface area contributed by atoms with Crippen LogP contribution in [0.4, 0.5) is 4.79 Å². The van der Waals surface area contributed by atoms with E-state index in [0.717, 1.165) is 0 Å². The maximum Gasteiger partial charge on any atom is 0.327 e. The first-order valence-electron chi connectivity index (χ1n) is 6.20. The summed E-state index contributed by atoms with van der Waals surface area (Å²) in [6.45, 7) is 0.320. The lowest BCUT2D eigenvalue weighted by molar-refractivity contribution is -0.141. The third-order valence-electron chi connectivity index (χ3n) is 3.21. The molecule has 3 N–H and O–H groups in total. The van der Waals surface area contributed by atoms with Crippen molar-refractivity contribution in [3.63, 3.8) is 0 Å². The maximum absolute atomic E-state index is 12.1. The van der Waals surface area contributed by atoms with Gasteiger partial charge in [-0.05, 0) is 6.42 Å². The highest BCUT2D eigenvalue weighted by Gasteiger charge is 2.35. The molecule has 20 heavy (non-hydrogen) atoms. The van der Waals surface area contributed by atoms with Gasteiger partial charge in [-0.25, -0.2) is 9.59 Å². The van der Waals surface area contributed by atoms with Gasteiger partial charge in [0.2, 0.25) is 11.8 Å². The van der Waals surface area contributed by atoms with Gasteiger partial charge in [-0.1, -0.05) is 0 Å². The molecule has 0 saturated carbocycles. The fourth-order valence-electron chi connectivity index (χ4n) is 2.11. The molecule has 0 bridgehead atoms. The van der Waals surface area contributed by atoms with Crippen LogP contribution in [0.1, 0.15) is 12.8 Å². The Balaban J connectivity index is 1.98. The Morgan fingerprint density at radius 2 is 2.15 bits per heavy atom. The molecule has 8 nitrogen and oxygen atoms in total. The first-order valence-corrected chi connectivity index (χ1v) is 7.36. The van der Waals surface area contributed by atoms with E-state index in [4.69, 9.17) is 5.11 Å². The molecule has 4 amide bonds. The lowest BCUT2D eigenvalue weighted by Gasteiger charge is -2.34. The Morgan fingerprint density at radius 3 is 2.80 bits per heavy atom. The first-order chi connectivity index (χ1) is 9.49. The summed E-state index contributed by atoms with van der Waals surface area (Å²) in [6, 6.07) is -2.25. The van der Waals surface area contributed by atoms with Crippen LogP contribution in [-0.2, 0) is 14.4 Å². The van der Waals surface area contributed by atoms with Crippen molar-refractivity contribution in [3.05, 3.63) is 0 Å². The molecule has 0 aromatic rings. The van der Waals surface area contributed by atoms with Crippen LogP contribution in [-0.4, -0.2) is 64.0 Å². The number of hydrogen-bond acceptors (Lipinski definition) is 5.